The largest absolute Gasteiger partial charge is 0.416 e. The average Bonchev–Trinajstić information content (AvgIpc) is 2.80. The molecule has 10 heteroatoms. The zero-order valence-corrected chi connectivity index (χ0v) is 18.7. The zero-order valence-electron chi connectivity index (χ0n) is 18.7. The van der Waals surface area contributed by atoms with E-state index in [2.05, 4.69) is 26.8 Å². The fourth-order valence-electron chi connectivity index (χ4n) is 4.42. The maximum atomic E-state index is 12.9. The molecule has 2 aromatic rings. The van der Waals surface area contributed by atoms with Crippen molar-refractivity contribution in [2.24, 2.45) is 11.7 Å². The van der Waals surface area contributed by atoms with Crippen LogP contribution in [0.4, 0.5) is 19.1 Å². The molecule has 2 N–H and O–H groups in total. The van der Waals surface area contributed by atoms with Gasteiger partial charge in [0.15, 0.2) is 0 Å². The van der Waals surface area contributed by atoms with Crippen molar-refractivity contribution < 1.29 is 18.0 Å². The minimum Gasteiger partial charge on any atom is -0.364 e. The van der Waals surface area contributed by atoms with E-state index in [4.69, 9.17) is 5.73 Å². The molecule has 2 aliphatic rings. The van der Waals surface area contributed by atoms with Crippen molar-refractivity contribution in [2.45, 2.75) is 19.0 Å². The Morgan fingerprint density at radius 2 is 1.67 bits per heavy atom. The number of benzene rings is 1. The second-order valence-electron chi connectivity index (χ2n) is 8.91. The summed E-state index contributed by atoms with van der Waals surface area (Å²) in [5.74, 6) is 0.390. The molecular weight excluding hydrogens is 433 g/mol. The van der Waals surface area contributed by atoms with E-state index in [1.807, 2.05) is 4.90 Å². The number of amides is 1. The van der Waals surface area contributed by atoms with E-state index >= 15 is 0 Å². The highest BCUT2D eigenvalue weighted by Crippen LogP contribution is 2.31. The van der Waals surface area contributed by atoms with Crippen LogP contribution in [0.1, 0.15) is 28.9 Å². The molecule has 1 aromatic heterocycles. The summed E-state index contributed by atoms with van der Waals surface area (Å²) >= 11 is 0. The van der Waals surface area contributed by atoms with E-state index in [0.717, 1.165) is 44.9 Å². The van der Waals surface area contributed by atoms with Crippen molar-refractivity contribution in [3.05, 3.63) is 41.6 Å². The van der Waals surface area contributed by atoms with Crippen LogP contribution in [0.25, 0.3) is 11.3 Å². The Morgan fingerprint density at radius 1 is 1.03 bits per heavy atom. The van der Waals surface area contributed by atoms with Gasteiger partial charge in [-0.1, -0.05) is 12.1 Å². The summed E-state index contributed by atoms with van der Waals surface area (Å²) in [6.07, 6.45) is -1.98. The first kappa shape index (κ1) is 23.4. The molecule has 0 unspecified atom stereocenters. The van der Waals surface area contributed by atoms with E-state index < -0.39 is 17.6 Å². The minimum absolute atomic E-state index is 0.0450. The first-order valence-corrected chi connectivity index (χ1v) is 11.2. The maximum absolute atomic E-state index is 12.9. The zero-order chi connectivity index (χ0) is 23.6. The highest BCUT2D eigenvalue weighted by atomic mass is 19.4. The molecule has 1 aromatic carbocycles. The Hall–Kier alpha value is -2.72. The molecule has 3 heterocycles. The summed E-state index contributed by atoms with van der Waals surface area (Å²) in [6.45, 7) is 6.53. The van der Waals surface area contributed by atoms with E-state index in [1.165, 1.54) is 31.0 Å². The van der Waals surface area contributed by atoms with Crippen molar-refractivity contribution in [1.82, 2.24) is 19.8 Å². The Balaban J connectivity index is 1.47. The fraction of sp³-hybridized carbons (Fsp3) is 0.522. The molecule has 4 rings (SSSR count). The van der Waals surface area contributed by atoms with Crippen LogP contribution in [-0.4, -0.2) is 78.5 Å². The van der Waals surface area contributed by atoms with Crippen LogP contribution in [0.2, 0.25) is 0 Å². The molecular formula is C23H29F3N6O. The number of hydrogen-bond donors (Lipinski definition) is 1. The number of rotatable bonds is 5. The Morgan fingerprint density at radius 3 is 2.24 bits per heavy atom. The Kier molecular flexibility index (Phi) is 6.85. The number of alkyl halides is 3. The van der Waals surface area contributed by atoms with Crippen LogP contribution in [-0.2, 0) is 6.18 Å². The number of nitrogens with two attached hydrogens (primary N) is 1. The van der Waals surface area contributed by atoms with Gasteiger partial charge in [-0.2, -0.15) is 13.2 Å². The number of halogens is 3. The first-order chi connectivity index (χ1) is 15.7. The van der Waals surface area contributed by atoms with Crippen LogP contribution in [0.15, 0.2) is 30.3 Å². The summed E-state index contributed by atoms with van der Waals surface area (Å²) in [6, 6.07) is 6.12. The van der Waals surface area contributed by atoms with Crippen molar-refractivity contribution in [1.29, 1.82) is 0 Å². The molecule has 0 atom stereocenters. The summed E-state index contributed by atoms with van der Waals surface area (Å²) in [5, 5.41) is 0. The minimum atomic E-state index is -4.42. The standard InChI is InChI=1S/C23H29F3N6O/c1-30-8-6-16(7-9-30)15-31-10-12-32(13-11-31)22-28-19(14-20(29-22)21(27)33)17-2-4-18(5-3-17)23(24,25)26/h2-5,14,16H,6-13,15H2,1H3,(H2,27,33). The number of carbonyl (C=O) groups is 1. The van der Waals surface area contributed by atoms with Crippen LogP contribution < -0.4 is 10.6 Å². The first-order valence-electron chi connectivity index (χ1n) is 11.2. The normalized spacial score (nSPS) is 19.1. The number of primary amides is 1. The van der Waals surface area contributed by atoms with Crippen LogP contribution in [0.5, 0.6) is 0 Å². The third kappa shape index (κ3) is 5.80. The summed E-state index contributed by atoms with van der Waals surface area (Å²) in [4.78, 5) is 27.6. The number of anilines is 1. The van der Waals surface area contributed by atoms with Crippen molar-refractivity contribution >= 4 is 11.9 Å². The molecule has 7 nitrogen and oxygen atoms in total. The predicted octanol–water partition coefficient (Wildman–Crippen LogP) is 2.73. The van der Waals surface area contributed by atoms with Crippen LogP contribution >= 0.6 is 0 Å². The van der Waals surface area contributed by atoms with Gasteiger partial charge in [0.1, 0.15) is 5.69 Å². The Labute approximate surface area is 191 Å². The molecule has 0 bridgehead atoms. The smallest absolute Gasteiger partial charge is 0.364 e. The number of nitrogens with zero attached hydrogens (tertiary/aromatic N) is 5. The predicted molar refractivity (Wildman–Crippen MR) is 120 cm³/mol. The van der Waals surface area contributed by atoms with Gasteiger partial charge in [-0.3, -0.25) is 9.69 Å². The van der Waals surface area contributed by atoms with Gasteiger partial charge in [-0.25, -0.2) is 9.97 Å². The third-order valence-corrected chi connectivity index (χ3v) is 6.48. The van der Waals surface area contributed by atoms with Gasteiger partial charge in [0.05, 0.1) is 11.3 Å². The van der Waals surface area contributed by atoms with Gasteiger partial charge in [-0.05, 0) is 57.1 Å². The summed E-state index contributed by atoms with van der Waals surface area (Å²) < 4.78 is 38.7. The SMILES string of the molecule is CN1CCC(CN2CCN(c3nc(C(N)=O)cc(-c4ccc(C(F)(F)F)cc4)n3)CC2)CC1. The van der Waals surface area contributed by atoms with Crippen molar-refractivity contribution in [3.8, 4) is 11.3 Å². The fourth-order valence-corrected chi connectivity index (χ4v) is 4.42. The Bertz CT molecular complexity index is 965. The lowest BCUT2D eigenvalue weighted by atomic mass is 9.96. The highest BCUT2D eigenvalue weighted by Gasteiger charge is 2.30. The molecule has 0 aliphatic carbocycles. The van der Waals surface area contributed by atoms with Gasteiger partial charge >= 0.3 is 6.18 Å². The summed E-state index contributed by atoms with van der Waals surface area (Å²) in [7, 11) is 2.16. The van der Waals surface area contributed by atoms with Crippen molar-refractivity contribution in [2.75, 3.05) is 57.8 Å². The van der Waals surface area contributed by atoms with Crippen molar-refractivity contribution in [3.63, 3.8) is 0 Å². The van der Waals surface area contributed by atoms with Gasteiger partial charge in [0.2, 0.25) is 5.95 Å². The molecule has 178 valence electrons. The molecule has 0 radical (unpaired) electrons. The topological polar surface area (TPSA) is 78.6 Å². The molecule has 0 spiro atoms. The van der Waals surface area contributed by atoms with E-state index in [9.17, 15) is 18.0 Å². The van der Waals surface area contributed by atoms with Gasteiger partial charge in [0, 0.05) is 38.3 Å². The second-order valence-corrected chi connectivity index (χ2v) is 8.91. The van der Waals surface area contributed by atoms with Gasteiger partial charge in [-0.15, -0.1) is 0 Å². The van der Waals surface area contributed by atoms with Gasteiger partial charge < -0.3 is 15.5 Å². The lowest BCUT2D eigenvalue weighted by molar-refractivity contribution is -0.137. The molecule has 0 saturated carbocycles. The quantitative estimate of drug-likeness (QED) is 0.736. The number of piperazine rings is 1. The van der Waals surface area contributed by atoms with Crippen LogP contribution in [0.3, 0.4) is 0 Å². The van der Waals surface area contributed by atoms with E-state index in [1.54, 1.807) is 0 Å². The average molecular weight is 463 g/mol. The molecule has 2 aliphatic heterocycles. The number of aromatic nitrogens is 2. The highest BCUT2D eigenvalue weighted by molar-refractivity contribution is 5.92. The molecule has 2 fully saturated rings. The monoisotopic (exact) mass is 462 g/mol. The van der Waals surface area contributed by atoms with Crippen LogP contribution in [0, 0.1) is 5.92 Å². The second kappa shape index (κ2) is 9.64. The number of carbonyl (C=O) groups excluding carboxylic acids is 1. The lowest BCUT2D eigenvalue weighted by Gasteiger charge is -2.38. The van der Waals surface area contributed by atoms with E-state index in [-0.39, 0.29) is 5.69 Å². The summed E-state index contributed by atoms with van der Waals surface area (Å²) in [5.41, 5.74) is 5.61. The number of piperidine rings is 1. The number of hydrogen-bond acceptors (Lipinski definition) is 6. The molecule has 33 heavy (non-hydrogen) atoms. The van der Waals surface area contributed by atoms with E-state index in [0.29, 0.717) is 36.2 Å². The molecule has 1 amide bonds. The number of likely N-dealkylation sites (tertiary alicyclic amines) is 1. The molecule has 2 saturated heterocycles. The maximum Gasteiger partial charge on any atom is 0.416 e. The van der Waals surface area contributed by atoms with Gasteiger partial charge in [0.25, 0.3) is 5.91 Å². The third-order valence-electron chi connectivity index (χ3n) is 6.48. The lowest BCUT2D eigenvalue weighted by Crippen LogP contribution is -2.49.